The van der Waals surface area contributed by atoms with Gasteiger partial charge in [-0.3, -0.25) is 9.59 Å². The van der Waals surface area contributed by atoms with Crippen LogP contribution in [0.5, 0.6) is 0 Å². The van der Waals surface area contributed by atoms with E-state index in [0.29, 0.717) is 62.9 Å². The molecule has 0 fully saturated rings. The van der Waals surface area contributed by atoms with Crippen molar-refractivity contribution >= 4 is 23.4 Å². The van der Waals surface area contributed by atoms with E-state index < -0.39 is 0 Å². The van der Waals surface area contributed by atoms with Crippen LogP contribution in [0, 0.1) is 0 Å². The molecule has 0 spiro atoms. The highest BCUT2D eigenvalue weighted by molar-refractivity contribution is 6.30. The Morgan fingerprint density at radius 3 is 2.61 bits per heavy atom. The molecule has 0 aliphatic heterocycles. The van der Waals surface area contributed by atoms with E-state index in [1.165, 1.54) is 6.26 Å². The molecule has 0 saturated heterocycles. The molecule has 170 valence electrons. The van der Waals surface area contributed by atoms with Crippen molar-refractivity contribution in [1.82, 2.24) is 15.2 Å². The van der Waals surface area contributed by atoms with Gasteiger partial charge in [0, 0.05) is 50.1 Å². The third-order valence-corrected chi connectivity index (χ3v) is 4.58. The zero-order chi connectivity index (χ0) is 22.5. The smallest absolute Gasteiger partial charge is 0.273 e. The van der Waals surface area contributed by atoms with E-state index in [2.05, 4.69) is 10.3 Å². The summed E-state index contributed by atoms with van der Waals surface area (Å²) < 4.78 is 16.1. The van der Waals surface area contributed by atoms with Crippen molar-refractivity contribution in [2.45, 2.75) is 33.2 Å². The van der Waals surface area contributed by atoms with Gasteiger partial charge in [0.05, 0.1) is 6.54 Å². The lowest BCUT2D eigenvalue weighted by atomic mass is 10.2. The predicted molar refractivity (Wildman–Crippen MR) is 117 cm³/mol. The van der Waals surface area contributed by atoms with Gasteiger partial charge in [-0.2, -0.15) is 0 Å². The first kappa shape index (κ1) is 24.8. The van der Waals surface area contributed by atoms with E-state index in [1.54, 1.807) is 29.2 Å². The zero-order valence-electron chi connectivity index (χ0n) is 18.1. The SMILES string of the molecule is CCOCCCNC(=O)c1coc(CN(CCCOCC)C(=O)c2cccc(Cl)c2)n1. The Hall–Kier alpha value is -2.42. The number of amides is 2. The number of ether oxygens (including phenoxy) is 2. The van der Waals surface area contributed by atoms with Gasteiger partial charge in [-0.1, -0.05) is 17.7 Å². The number of oxazole rings is 1. The van der Waals surface area contributed by atoms with Gasteiger partial charge >= 0.3 is 0 Å². The van der Waals surface area contributed by atoms with E-state index in [0.717, 1.165) is 0 Å². The summed E-state index contributed by atoms with van der Waals surface area (Å²) in [5.74, 6) is -0.235. The van der Waals surface area contributed by atoms with Crippen LogP contribution in [-0.4, -0.2) is 61.2 Å². The first-order valence-corrected chi connectivity index (χ1v) is 10.9. The van der Waals surface area contributed by atoms with Gasteiger partial charge in [-0.05, 0) is 44.9 Å². The van der Waals surface area contributed by atoms with Gasteiger partial charge < -0.3 is 24.1 Å². The van der Waals surface area contributed by atoms with Crippen LogP contribution in [0.4, 0.5) is 0 Å². The summed E-state index contributed by atoms with van der Waals surface area (Å²) in [5.41, 5.74) is 0.651. The molecule has 0 aliphatic carbocycles. The third kappa shape index (κ3) is 8.69. The Morgan fingerprint density at radius 2 is 1.90 bits per heavy atom. The number of hydrogen-bond donors (Lipinski definition) is 1. The van der Waals surface area contributed by atoms with Crippen LogP contribution in [0.1, 0.15) is 53.4 Å². The Labute approximate surface area is 187 Å². The maximum absolute atomic E-state index is 13.0. The highest BCUT2D eigenvalue weighted by Crippen LogP contribution is 2.15. The van der Waals surface area contributed by atoms with Crippen LogP contribution in [-0.2, 0) is 16.0 Å². The highest BCUT2D eigenvalue weighted by atomic mass is 35.5. The van der Waals surface area contributed by atoms with Crippen LogP contribution >= 0.6 is 11.6 Å². The molecule has 0 aliphatic rings. The summed E-state index contributed by atoms with van der Waals surface area (Å²) in [6.45, 7) is 7.30. The fourth-order valence-corrected chi connectivity index (χ4v) is 3.01. The lowest BCUT2D eigenvalue weighted by Gasteiger charge is -2.21. The molecule has 31 heavy (non-hydrogen) atoms. The molecule has 2 aromatic rings. The average molecular weight is 452 g/mol. The summed E-state index contributed by atoms with van der Waals surface area (Å²) in [7, 11) is 0. The molecule has 0 unspecified atom stereocenters. The van der Waals surface area contributed by atoms with E-state index in [1.807, 2.05) is 13.8 Å². The van der Waals surface area contributed by atoms with E-state index in [-0.39, 0.29) is 29.9 Å². The highest BCUT2D eigenvalue weighted by Gasteiger charge is 2.20. The molecule has 2 rings (SSSR count). The van der Waals surface area contributed by atoms with Gasteiger partial charge in [-0.25, -0.2) is 4.98 Å². The molecule has 0 bridgehead atoms. The lowest BCUT2D eigenvalue weighted by molar-refractivity contribution is 0.0695. The molecule has 1 N–H and O–H groups in total. The minimum atomic E-state index is -0.324. The van der Waals surface area contributed by atoms with Gasteiger partial charge in [0.25, 0.3) is 11.8 Å². The minimum Gasteiger partial charge on any atom is -0.446 e. The number of nitrogens with one attached hydrogen (secondary N) is 1. The maximum Gasteiger partial charge on any atom is 0.273 e. The fraction of sp³-hybridized carbons (Fsp3) is 0.500. The normalized spacial score (nSPS) is 10.8. The maximum atomic E-state index is 13.0. The monoisotopic (exact) mass is 451 g/mol. The largest absolute Gasteiger partial charge is 0.446 e. The van der Waals surface area contributed by atoms with Gasteiger partial charge in [0.15, 0.2) is 5.69 Å². The van der Waals surface area contributed by atoms with Crippen molar-refractivity contribution in [2.24, 2.45) is 0 Å². The second-order valence-corrected chi connectivity index (χ2v) is 7.16. The molecule has 1 aromatic carbocycles. The van der Waals surface area contributed by atoms with Crippen LogP contribution in [0.2, 0.25) is 5.02 Å². The predicted octanol–water partition coefficient (Wildman–Crippen LogP) is 3.55. The van der Waals surface area contributed by atoms with Gasteiger partial charge in [0.1, 0.15) is 6.26 Å². The Balaban J connectivity index is 1.99. The molecule has 0 radical (unpaired) electrons. The quantitative estimate of drug-likeness (QED) is 0.441. The van der Waals surface area contributed by atoms with Crippen molar-refractivity contribution < 1.29 is 23.5 Å². The van der Waals surface area contributed by atoms with E-state index >= 15 is 0 Å². The van der Waals surface area contributed by atoms with Crippen LogP contribution in [0.25, 0.3) is 0 Å². The Morgan fingerprint density at radius 1 is 1.16 bits per heavy atom. The summed E-state index contributed by atoms with van der Waals surface area (Å²) in [6, 6.07) is 6.77. The number of benzene rings is 1. The van der Waals surface area contributed by atoms with Gasteiger partial charge in [0.2, 0.25) is 5.89 Å². The van der Waals surface area contributed by atoms with Crippen molar-refractivity contribution in [3.63, 3.8) is 0 Å². The molecule has 8 nitrogen and oxygen atoms in total. The molecular formula is C22H30ClN3O5. The first-order valence-electron chi connectivity index (χ1n) is 10.5. The number of hydrogen-bond acceptors (Lipinski definition) is 6. The second-order valence-electron chi connectivity index (χ2n) is 6.72. The Bertz CT molecular complexity index is 827. The van der Waals surface area contributed by atoms with E-state index in [4.69, 9.17) is 25.5 Å². The molecule has 2 amide bonds. The topological polar surface area (TPSA) is 93.9 Å². The summed E-state index contributed by atoms with van der Waals surface area (Å²) in [5, 5.41) is 3.26. The molecular weight excluding hydrogens is 422 g/mol. The standard InChI is InChI=1S/C22H30ClN3O5/c1-3-29-12-6-10-24-21(27)19-16-31-20(25-19)15-26(11-7-13-30-4-2)22(28)17-8-5-9-18(23)14-17/h5,8-9,14,16H,3-4,6-7,10-13,15H2,1-2H3,(H,24,27). The summed E-state index contributed by atoms with van der Waals surface area (Å²) >= 11 is 6.03. The van der Waals surface area contributed by atoms with Gasteiger partial charge in [-0.15, -0.1) is 0 Å². The number of halogens is 1. The van der Waals surface area contributed by atoms with Crippen molar-refractivity contribution in [2.75, 3.05) is 39.5 Å². The van der Waals surface area contributed by atoms with Crippen LogP contribution in [0.3, 0.4) is 0 Å². The number of carbonyl (C=O) groups is 2. The number of carbonyl (C=O) groups excluding carboxylic acids is 2. The van der Waals surface area contributed by atoms with Crippen molar-refractivity contribution in [1.29, 1.82) is 0 Å². The molecule has 1 heterocycles. The summed E-state index contributed by atoms with van der Waals surface area (Å²) in [6.07, 6.45) is 2.68. The minimum absolute atomic E-state index is 0.134. The molecule has 9 heteroatoms. The van der Waals surface area contributed by atoms with Crippen molar-refractivity contribution in [3.8, 4) is 0 Å². The fourth-order valence-electron chi connectivity index (χ4n) is 2.82. The molecule has 1 aromatic heterocycles. The average Bonchev–Trinajstić information content (AvgIpc) is 3.24. The van der Waals surface area contributed by atoms with Crippen LogP contribution in [0.15, 0.2) is 34.9 Å². The zero-order valence-corrected chi connectivity index (χ0v) is 18.8. The van der Waals surface area contributed by atoms with Crippen LogP contribution < -0.4 is 5.32 Å². The number of nitrogens with zero attached hydrogens (tertiary/aromatic N) is 2. The molecule has 0 atom stereocenters. The first-order chi connectivity index (χ1) is 15.0. The third-order valence-electron chi connectivity index (χ3n) is 4.35. The Kier molecular flexibility index (Phi) is 11.1. The second kappa shape index (κ2) is 13.8. The molecule has 0 saturated carbocycles. The van der Waals surface area contributed by atoms with Crippen molar-refractivity contribution in [3.05, 3.63) is 52.7 Å². The lowest BCUT2D eigenvalue weighted by Crippen LogP contribution is -2.32. The summed E-state index contributed by atoms with van der Waals surface area (Å²) in [4.78, 5) is 31.1. The van der Waals surface area contributed by atoms with E-state index in [9.17, 15) is 9.59 Å². The number of aromatic nitrogens is 1. The number of rotatable bonds is 14.